The molecule has 1 rings (SSSR count). The number of hydrogen-bond donors (Lipinski definition) is 3. The maximum absolute atomic E-state index is 7.69. The first-order chi connectivity index (χ1) is 9.13. The van der Waals surface area contributed by atoms with Gasteiger partial charge in [0.1, 0.15) is 0 Å². The van der Waals surface area contributed by atoms with Gasteiger partial charge in [0.15, 0.2) is 0 Å². The number of aliphatic imine (C=N–C) groups is 2. The summed E-state index contributed by atoms with van der Waals surface area (Å²) in [5.74, 6) is 0. The molecular formula is C14H22N5U-. The van der Waals surface area contributed by atoms with Gasteiger partial charge in [-0.3, -0.25) is 20.8 Å². The third kappa shape index (κ3) is 5.45. The molecule has 1 aliphatic heterocycles. The molecule has 0 saturated carbocycles. The van der Waals surface area contributed by atoms with E-state index >= 15 is 0 Å². The first-order valence-corrected chi connectivity index (χ1v) is 6.26. The van der Waals surface area contributed by atoms with Crippen molar-refractivity contribution in [1.29, 1.82) is 5.41 Å². The van der Waals surface area contributed by atoms with Crippen LogP contribution >= 0.6 is 0 Å². The van der Waals surface area contributed by atoms with Crippen LogP contribution in [0.25, 0.3) is 0 Å². The molecule has 108 valence electrons. The summed E-state index contributed by atoms with van der Waals surface area (Å²) < 4.78 is 0. The maximum Gasteiger partial charge on any atom is 0.0745 e. The van der Waals surface area contributed by atoms with Crippen LogP contribution in [0.5, 0.6) is 0 Å². The van der Waals surface area contributed by atoms with Crippen molar-refractivity contribution in [3.63, 3.8) is 0 Å². The minimum Gasteiger partial charge on any atom is -0.307 e. The van der Waals surface area contributed by atoms with Crippen LogP contribution in [0.3, 0.4) is 0 Å². The number of hydrogen-bond acceptors (Lipinski definition) is 5. The van der Waals surface area contributed by atoms with Crippen LogP contribution in [0.4, 0.5) is 0 Å². The molecule has 3 N–H and O–H groups in total. The Morgan fingerprint density at radius 2 is 2.15 bits per heavy atom. The van der Waals surface area contributed by atoms with Gasteiger partial charge in [0.25, 0.3) is 0 Å². The fraction of sp³-hybridized carbons (Fsp3) is 0.429. The molecule has 0 aromatic carbocycles. The molecule has 5 nitrogen and oxygen atoms in total. The van der Waals surface area contributed by atoms with E-state index in [-0.39, 0.29) is 49.2 Å². The summed E-state index contributed by atoms with van der Waals surface area (Å²) in [5, 5.41) is 7.69. The Hall–Kier alpha value is -0.538. The van der Waals surface area contributed by atoms with E-state index in [9.17, 15) is 0 Å². The molecule has 0 bridgehead atoms. The normalized spacial score (nSPS) is 20.9. The van der Waals surface area contributed by atoms with Crippen LogP contribution in [0, 0.1) is 42.9 Å². The molecule has 3 atom stereocenters. The zero-order chi connectivity index (χ0) is 14.3. The standard InChI is InChI=1S/C14H22N5.U/c1-5-11(15)10(2)9-13(16-3)14(17-4)12-7-6-8-18-19-12;/h5,7,12-15,18-19H,1-4,6,8-9H2;/q-1;/t12-,13?,14-;/m1./s1. The van der Waals surface area contributed by atoms with Gasteiger partial charge >= 0.3 is 0 Å². The van der Waals surface area contributed by atoms with Gasteiger partial charge in [-0.05, 0) is 38.0 Å². The second-order valence-corrected chi connectivity index (χ2v) is 4.47. The van der Waals surface area contributed by atoms with Crippen molar-refractivity contribution in [1.82, 2.24) is 10.9 Å². The predicted molar refractivity (Wildman–Crippen MR) is 82.2 cm³/mol. The Morgan fingerprint density at radius 3 is 2.60 bits per heavy atom. The van der Waals surface area contributed by atoms with Crippen LogP contribution in [-0.2, 0) is 0 Å². The zero-order valence-electron chi connectivity index (χ0n) is 11.7. The second kappa shape index (κ2) is 10.2. The van der Waals surface area contributed by atoms with E-state index in [1.807, 2.05) is 0 Å². The van der Waals surface area contributed by atoms with E-state index in [0.29, 0.717) is 17.7 Å². The molecule has 0 aromatic heterocycles. The quantitative estimate of drug-likeness (QED) is 0.349. The number of allylic oxidation sites excluding steroid dienone is 1. The Labute approximate surface area is 145 Å². The van der Waals surface area contributed by atoms with Crippen molar-refractivity contribution < 1.29 is 31.1 Å². The largest absolute Gasteiger partial charge is 0.307 e. The fourth-order valence-corrected chi connectivity index (χ4v) is 2.08. The zero-order valence-corrected chi connectivity index (χ0v) is 15.9. The first-order valence-electron chi connectivity index (χ1n) is 6.26. The molecule has 6 heteroatoms. The third-order valence-corrected chi connectivity index (χ3v) is 3.21. The smallest absolute Gasteiger partial charge is 0.0745 e. The number of nitrogens with one attached hydrogen (secondary N) is 3. The van der Waals surface area contributed by atoms with Crippen molar-refractivity contribution in [2.75, 3.05) is 6.54 Å². The molecule has 0 aromatic rings. The van der Waals surface area contributed by atoms with E-state index in [0.717, 1.165) is 13.0 Å². The first kappa shape index (κ1) is 19.5. The summed E-state index contributed by atoms with van der Waals surface area (Å²) in [6.07, 6.45) is 5.14. The second-order valence-electron chi connectivity index (χ2n) is 4.47. The van der Waals surface area contributed by atoms with Crippen molar-refractivity contribution >= 4 is 19.1 Å². The number of rotatable bonds is 8. The fourth-order valence-electron chi connectivity index (χ4n) is 2.08. The number of hydrazine groups is 1. The van der Waals surface area contributed by atoms with Crippen LogP contribution < -0.4 is 10.9 Å². The molecule has 1 unspecified atom stereocenters. The topological polar surface area (TPSA) is 72.6 Å². The minimum absolute atomic E-state index is 0. The summed E-state index contributed by atoms with van der Waals surface area (Å²) in [6, 6.07) is -0.217. The van der Waals surface area contributed by atoms with Gasteiger partial charge in [-0.1, -0.05) is 19.2 Å². The Kier molecular flexibility index (Phi) is 9.95. The summed E-state index contributed by atoms with van der Waals surface area (Å²) in [4.78, 5) is 8.29. The molecule has 1 aliphatic rings. The monoisotopic (exact) mass is 498 g/mol. The Morgan fingerprint density at radius 1 is 1.45 bits per heavy atom. The van der Waals surface area contributed by atoms with Crippen molar-refractivity contribution in [2.45, 2.75) is 31.0 Å². The average molecular weight is 498 g/mol. The van der Waals surface area contributed by atoms with Gasteiger partial charge in [0, 0.05) is 31.1 Å². The van der Waals surface area contributed by atoms with Crippen molar-refractivity contribution in [2.24, 2.45) is 9.98 Å². The van der Waals surface area contributed by atoms with Crippen LogP contribution in [-0.4, -0.2) is 43.8 Å². The summed E-state index contributed by atoms with van der Waals surface area (Å²) in [6.45, 7) is 15.6. The molecule has 1 fully saturated rings. The van der Waals surface area contributed by atoms with Gasteiger partial charge in [-0.15, -0.1) is 0 Å². The average Bonchev–Trinajstić information content (AvgIpc) is 2.46. The summed E-state index contributed by atoms with van der Waals surface area (Å²) in [5.41, 5.74) is 7.29. The van der Waals surface area contributed by atoms with E-state index < -0.39 is 0 Å². The van der Waals surface area contributed by atoms with Crippen molar-refractivity contribution in [3.05, 3.63) is 31.2 Å². The van der Waals surface area contributed by atoms with E-state index in [2.05, 4.69) is 53.9 Å². The van der Waals surface area contributed by atoms with Gasteiger partial charge in [-0.2, -0.15) is 6.42 Å². The third-order valence-electron chi connectivity index (χ3n) is 3.21. The summed E-state index contributed by atoms with van der Waals surface area (Å²) >= 11 is 0. The molecule has 0 amide bonds. The van der Waals surface area contributed by atoms with Gasteiger partial charge in [0.2, 0.25) is 0 Å². The van der Waals surface area contributed by atoms with Crippen LogP contribution in [0.1, 0.15) is 12.8 Å². The molecule has 0 radical (unpaired) electrons. The number of nitrogens with zero attached hydrogens (tertiary/aromatic N) is 2. The van der Waals surface area contributed by atoms with E-state index in [1.54, 1.807) is 0 Å². The van der Waals surface area contributed by atoms with Crippen LogP contribution in [0.15, 0.2) is 34.8 Å². The molecule has 0 aliphatic carbocycles. The SMILES string of the molecule is C=CC(=N)C(=C)CC(N=C)[C@H](N=C)[C@H]1[CH-]CCNN1.[U]. The maximum atomic E-state index is 7.69. The molecule has 20 heavy (non-hydrogen) atoms. The van der Waals surface area contributed by atoms with E-state index in [4.69, 9.17) is 5.41 Å². The van der Waals surface area contributed by atoms with Gasteiger partial charge in [-0.25, -0.2) is 0 Å². The molecule has 0 spiro atoms. The molecular weight excluding hydrogens is 476 g/mol. The Balaban J connectivity index is 0.00000361. The van der Waals surface area contributed by atoms with Crippen molar-refractivity contribution in [3.8, 4) is 0 Å². The van der Waals surface area contributed by atoms with Gasteiger partial charge < -0.3 is 11.8 Å². The minimum atomic E-state index is -0.154. The van der Waals surface area contributed by atoms with E-state index in [1.165, 1.54) is 6.08 Å². The molecule has 1 heterocycles. The molecule has 1 saturated heterocycles. The van der Waals surface area contributed by atoms with Crippen LogP contribution in [0.2, 0.25) is 0 Å². The van der Waals surface area contributed by atoms with Gasteiger partial charge in [0.05, 0.1) is 17.8 Å². The summed E-state index contributed by atoms with van der Waals surface area (Å²) in [7, 11) is 0. The predicted octanol–water partition coefficient (Wildman–Crippen LogP) is 1.35. The Bertz CT molecular complexity index is 374.